The molecule has 0 spiro atoms. The molecular weight excluding hydrogens is 486 g/mol. The summed E-state index contributed by atoms with van der Waals surface area (Å²) in [5.41, 5.74) is 3.99. The van der Waals surface area contributed by atoms with E-state index < -0.39 is 22.8 Å². The van der Waals surface area contributed by atoms with Crippen LogP contribution in [0.2, 0.25) is 0 Å². The van der Waals surface area contributed by atoms with E-state index in [-0.39, 0.29) is 18.3 Å². The first kappa shape index (κ1) is 24.6. The number of nitrogens with zero attached hydrogens (tertiary/aromatic N) is 2. The van der Waals surface area contributed by atoms with Gasteiger partial charge < -0.3 is 15.4 Å². The van der Waals surface area contributed by atoms with E-state index in [9.17, 15) is 18.0 Å². The fourth-order valence-corrected chi connectivity index (χ4v) is 4.80. The Hall–Kier alpha value is -3.03. The van der Waals surface area contributed by atoms with Crippen LogP contribution in [0.25, 0.3) is 0 Å². The van der Waals surface area contributed by atoms with E-state index in [0.717, 1.165) is 22.7 Å². The Morgan fingerprint density at radius 1 is 1.18 bits per heavy atom. The number of nitrogens with one attached hydrogen (secondary N) is 3. The molecule has 0 unspecified atom stereocenters. The molecule has 0 fully saturated rings. The molecule has 0 saturated heterocycles. The Morgan fingerprint density at radius 2 is 1.94 bits per heavy atom. The minimum Gasteiger partial charge on any atom is -0.468 e. The van der Waals surface area contributed by atoms with Gasteiger partial charge in [0.25, 0.3) is 5.91 Å². The maximum atomic E-state index is 12.5. The summed E-state index contributed by atoms with van der Waals surface area (Å²) >= 11 is 2.84. The molecule has 0 aliphatic carbocycles. The highest BCUT2D eigenvalue weighted by molar-refractivity contribution is 7.73. The molecule has 0 radical (unpaired) electrons. The standard InChI is InChI=1S/C20H23N5O5S3/c1-3-16-23-15(10-31-16)14(8-12-4-6-13(7-5-12)25-33(28)29)24-20-18(22-11-32-20)19(27)21-9-17(26)30-2/h4-7,10-11,14,24,33H,3,8-9H2,1-2H3,(H,21,27)(H,25,28,29)/t14-/m0/s1. The van der Waals surface area contributed by atoms with E-state index in [0.29, 0.717) is 17.1 Å². The van der Waals surface area contributed by atoms with E-state index in [1.807, 2.05) is 24.4 Å². The number of thiazole rings is 2. The first-order valence-corrected chi connectivity index (χ1v) is 12.8. The van der Waals surface area contributed by atoms with Crippen LogP contribution in [0.3, 0.4) is 0 Å². The summed E-state index contributed by atoms with van der Waals surface area (Å²) in [5, 5.41) is 9.39. The van der Waals surface area contributed by atoms with Crippen LogP contribution in [-0.2, 0) is 33.3 Å². The number of ether oxygens (including phenoxy) is 1. The number of carbonyl (C=O) groups excluding carboxylic acids is 2. The van der Waals surface area contributed by atoms with Crippen molar-refractivity contribution in [1.29, 1.82) is 0 Å². The van der Waals surface area contributed by atoms with Gasteiger partial charge in [-0.05, 0) is 30.5 Å². The van der Waals surface area contributed by atoms with Gasteiger partial charge in [0.05, 0.1) is 29.4 Å². The van der Waals surface area contributed by atoms with Crippen LogP contribution in [0.1, 0.15) is 39.7 Å². The average molecular weight is 510 g/mol. The molecule has 3 N–H and O–H groups in total. The van der Waals surface area contributed by atoms with Crippen molar-refractivity contribution in [3.05, 3.63) is 57.1 Å². The van der Waals surface area contributed by atoms with Gasteiger partial charge in [0.15, 0.2) is 5.69 Å². The number of methoxy groups -OCH3 is 1. The highest BCUT2D eigenvalue weighted by Gasteiger charge is 2.22. The smallest absolute Gasteiger partial charge is 0.325 e. The number of carbonyl (C=O) groups is 2. The molecule has 2 heterocycles. The van der Waals surface area contributed by atoms with Gasteiger partial charge in [0, 0.05) is 11.1 Å². The van der Waals surface area contributed by atoms with Crippen molar-refractivity contribution in [2.75, 3.05) is 23.7 Å². The van der Waals surface area contributed by atoms with Gasteiger partial charge in [-0.3, -0.25) is 14.3 Å². The number of rotatable bonds is 11. The van der Waals surface area contributed by atoms with E-state index in [2.05, 4.69) is 25.1 Å². The molecule has 10 nitrogen and oxygen atoms in total. The number of hydrogen-bond donors (Lipinski definition) is 4. The lowest BCUT2D eigenvalue weighted by Gasteiger charge is -2.18. The number of benzene rings is 1. The molecule has 3 aromatic rings. The molecule has 0 bridgehead atoms. The lowest BCUT2D eigenvalue weighted by atomic mass is 10.0. The van der Waals surface area contributed by atoms with Crippen LogP contribution in [-0.4, -0.2) is 43.9 Å². The first-order chi connectivity index (χ1) is 15.9. The van der Waals surface area contributed by atoms with Crippen LogP contribution < -0.4 is 15.4 Å². The highest BCUT2D eigenvalue weighted by atomic mass is 32.2. The molecule has 33 heavy (non-hydrogen) atoms. The van der Waals surface area contributed by atoms with Gasteiger partial charge in [-0.2, -0.15) is 0 Å². The molecule has 0 aliphatic heterocycles. The maximum Gasteiger partial charge on any atom is 0.325 e. The van der Waals surface area contributed by atoms with E-state index >= 15 is 0 Å². The third-order valence-corrected chi connectivity index (χ3v) is 6.76. The zero-order chi connectivity index (χ0) is 23.8. The molecule has 1 atom stereocenters. The number of anilines is 2. The average Bonchev–Trinajstić information content (AvgIpc) is 3.47. The summed E-state index contributed by atoms with van der Waals surface area (Å²) in [4.78, 5) is 32.7. The van der Waals surface area contributed by atoms with E-state index in [1.54, 1.807) is 29.0 Å². The van der Waals surface area contributed by atoms with Gasteiger partial charge in [0.1, 0.15) is 11.5 Å². The second-order valence-corrected chi connectivity index (χ2v) is 9.31. The fourth-order valence-electron chi connectivity index (χ4n) is 2.91. The number of amides is 1. The van der Waals surface area contributed by atoms with Crippen LogP contribution in [0.4, 0.5) is 10.7 Å². The van der Waals surface area contributed by atoms with Gasteiger partial charge in [0.2, 0.25) is 10.9 Å². The normalized spacial score (nSPS) is 11.7. The molecule has 3 rings (SSSR count). The van der Waals surface area contributed by atoms with Crippen molar-refractivity contribution in [2.24, 2.45) is 0 Å². The molecule has 0 aliphatic rings. The largest absolute Gasteiger partial charge is 0.468 e. The summed E-state index contributed by atoms with van der Waals surface area (Å²) < 4.78 is 28.6. The second kappa shape index (κ2) is 11.7. The van der Waals surface area contributed by atoms with Gasteiger partial charge in [-0.1, -0.05) is 19.1 Å². The predicted octanol–water partition coefficient (Wildman–Crippen LogP) is 2.40. The SMILES string of the molecule is CCc1nc([C@H](Cc2ccc(N[SH](=O)=O)cc2)Nc2scnc2C(=O)NCC(=O)OC)cs1. The first-order valence-electron chi connectivity index (χ1n) is 9.89. The minimum absolute atomic E-state index is 0.179. The third-order valence-electron chi connectivity index (χ3n) is 4.55. The number of thiol groups is 1. The van der Waals surface area contributed by atoms with Crippen LogP contribution >= 0.6 is 22.7 Å². The molecule has 0 saturated carbocycles. The van der Waals surface area contributed by atoms with Gasteiger partial charge >= 0.3 is 5.97 Å². The predicted molar refractivity (Wildman–Crippen MR) is 128 cm³/mol. The van der Waals surface area contributed by atoms with Crippen molar-refractivity contribution < 1.29 is 22.7 Å². The summed E-state index contributed by atoms with van der Waals surface area (Å²) in [6.07, 6.45) is 1.35. The zero-order valence-electron chi connectivity index (χ0n) is 17.9. The summed E-state index contributed by atoms with van der Waals surface area (Å²) in [7, 11) is -1.48. The number of aryl methyl sites for hydroxylation is 1. The Labute approximate surface area is 200 Å². The van der Waals surface area contributed by atoms with Crippen LogP contribution in [0, 0.1) is 0 Å². The summed E-state index contributed by atoms with van der Waals surface area (Å²) in [6, 6.07) is 6.78. The van der Waals surface area contributed by atoms with Crippen molar-refractivity contribution >= 4 is 56.1 Å². The second-order valence-electron chi connectivity index (χ2n) is 6.78. The van der Waals surface area contributed by atoms with Crippen molar-refractivity contribution in [2.45, 2.75) is 25.8 Å². The molecule has 1 aromatic carbocycles. The molecule has 2 aromatic heterocycles. The molecule has 1 amide bonds. The Bertz CT molecular complexity index is 1160. The van der Waals surface area contributed by atoms with Crippen molar-refractivity contribution in [3.63, 3.8) is 0 Å². The fraction of sp³-hybridized carbons (Fsp3) is 0.300. The zero-order valence-corrected chi connectivity index (χ0v) is 20.4. The Balaban J connectivity index is 1.81. The van der Waals surface area contributed by atoms with Crippen LogP contribution in [0.5, 0.6) is 0 Å². The Kier molecular flexibility index (Phi) is 8.74. The number of esters is 1. The van der Waals surface area contributed by atoms with E-state index in [1.165, 1.54) is 18.4 Å². The van der Waals surface area contributed by atoms with Crippen molar-refractivity contribution in [1.82, 2.24) is 15.3 Å². The van der Waals surface area contributed by atoms with Gasteiger partial charge in [-0.15, -0.1) is 22.7 Å². The summed E-state index contributed by atoms with van der Waals surface area (Å²) in [6.45, 7) is 1.78. The van der Waals surface area contributed by atoms with E-state index in [4.69, 9.17) is 4.98 Å². The topological polar surface area (TPSA) is 139 Å². The lowest BCUT2D eigenvalue weighted by Crippen LogP contribution is -2.31. The quantitative estimate of drug-likeness (QED) is 0.228. The maximum absolute atomic E-state index is 12.5. The third kappa shape index (κ3) is 6.97. The molecule has 176 valence electrons. The lowest BCUT2D eigenvalue weighted by molar-refractivity contribution is -0.139. The van der Waals surface area contributed by atoms with Crippen LogP contribution in [0.15, 0.2) is 35.2 Å². The molecule has 13 heteroatoms. The number of aromatic nitrogens is 2. The highest BCUT2D eigenvalue weighted by Crippen LogP contribution is 2.29. The number of hydrogen-bond acceptors (Lipinski definition) is 10. The molecular formula is C20H23N5O5S3. The monoisotopic (exact) mass is 509 g/mol. The van der Waals surface area contributed by atoms with Crippen molar-refractivity contribution in [3.8, 4) is 0 Å². The minimum atomic E-state index is -2.73. The Morgan fingerprint density at radius 3 is 2.58 bits per heavy atom. The summed E-state index contributed by atoms with van der Waals surface area (Å²) in [5.74, 6) is -1.04. The van der Waals surface area contributed by atoms with Gasteiger partial charge in [-0.25, -0.2) is 18.4 Å².